The van der Waals surface area contributed by atoms with E-state index in [1.807, 2.05) is 0 Å². The normalized spacial score (nSPS) is 19.8. The van der Waals surface area contributed by atoms with Gasteiger partial charge in [-0.15, -0.1) is 25.6 Å². The molecule has 0 spiro atoms. The Hall–Kier alpha value is -0.940. The molecule has 1 fully saturated rings. The van der Waals surface area contributed by atoms with E-state index in [0.29, 0.717) is 0 Å². The van der Waals surface area contributed by atoms with Gasteiger partial charge in [-0.2, -0.15) is 0 Å². The molecule has 96 valence electrons. The second-order valence-corrected chi connectivity index (χ2v) is 3.77. The van der Waals surface area contributed by atoms with Crippen LogP contribution in [-0.4, -0.2) is 12.9 Å². The second kappa shape index (κ2) is 5.60. The van der Waals surface area contributed by atoms with Gasteiger partial charge in [-0.3, -0.25) is 0 Å². The molecule has 2 nitrogen and oxygen atoms in total. The summed E-state index contributed by atoms with van der Waals surface area (Å²) in [6.07, 6.45) is -2.49. The van der Waals surface area contributed by atoms with Crippen LogP contribution in [0.15, 0.2) is 24.3 Å². The number of benzene rings is 1. The molecule has 1 aliphatic rings. The first-order valence-corrected chi connectivity index (χ1v) is 5.14. The second-order valence-electron chi connectivity index (χ2n) is 3.77. The molecule has 0 aliphatic carbocycles. The van der Waals surface area contributed by atoms with Gasteiger partial charge in [0.15, 0.2) is 0 Å². The largest absolute Gasteiger partial charge is 0.573 e. The van der Waals surface area contributed by atoms with Crippen LogP contribution < -0.4 is 10.1 Å². The van der Waals surface area contributed by atoms with Crippen molar-refractivity contribution in [3.63, 3.8) is 0 Å². The molecule has 1 saturated heterocycles. The molecule has 0 radical (unpaired) electrons. The van der Waals surface area contributed by atoms with E-state index < -0.39 is 6.36 Å². The van der Waals surface area contributed by atoms with Crippen molar-refractivity contribution in [2.24, 2.45) is 0 Å². The van der Waals surface area contributed by atoms with Crippen molar-refractivity contribution < 1.29 is 17.9 Å². The van der Waals surface area contributed by atoms with Crippen LogP contribution in [0.2, 0.25) is 0 Å². The molecule has 1 aliphatic heterocycles. The lowest BCUT2D eigenvalue weighted by atomic mass is 10.1. The van der Waals surface area contributed by atoms with Crippen LogP contribution in [0.3, 0.4) is 0 Å². The Morgan fingerprint density at radius 1 is 1.18 bits per heavy atom. The quantitative estimate of drug-likeness (QED) is 0.886. The van der Waals surface area contributed by atoms with E-state index >= 15 is 0 Å². The van der Waals surface area contributed by atoms with Gasteiger partial charge in [0.05, 0.1) is 0 Å². The minimum Gasteiger partial charge on any atom is -0.406 e. The predicted octanol–water partition coefficient (Wildman–Crippen LogP) is 3.43. The molecule has 1 atom stereocenters. The molecule has 1 N–H and O–H groups in total. The minimum atomic E-state index is -4.62. The van der Waals surface area contributed by atoms with Crippen LogP contribution in [0.5, 0.6) is 5.75 Å². The Morgan fingerprint density at radius 3 is 2.29 bits per heavy atom. The lowest BCUT2D eigenvalue weighted by Crippen LogP contribution is -2.17. The average molecular weight is 268 g/mol. The van der Waals surface area contributed by atoms with E-state index in [1.54, 1.807) is 12.1 Å². The monoisotopic (exact) mass is 267 g/mol. The fourth-order valence-corrected chi connectivity index (χ4v) is 1.87. The van der Waals surface area contributed by atoms with Gasteiger partial charge in [0.1, 0.15) is 5.75 Å². The van der Waals surface area contributed by atoms with Crippen molar-refractivity contribution in [1.29, 1.82) is 0 Å². The zero-order valence-electron chi connectivity index (χ0n) is 8.96. The third-order valence-electron chi connectivity index (χ3n) is 2.58. The van der Waals surface area contributed by atoms with Gasteiger partial charge >= 0.3 is 6.36 Å². The topological polar surface area (TPSA) is 21.3 Å². The van der Waals surface area contributed by atoms with E-state index in [9.17, 15) is 13.2 Å². The SMILES string of the molecule is Cl.FC(F)(F)Oc1ccc(C2CCCN2)cc1. The van der Waals surface area contributed by atoms with Crippen molar-refractivity contribution >= 4 is 12.4 Å². The Labute approximate surface area is 104 Å². The van der Waals surface area contributed by atoms with Gasteiger partial charge in [0.25, 0.3) is 0 Å². The zero-order chi connectivity index (χ0) is 11.6. The first kappa shape index (κ1) is 14.1. The van der Waals surface area contributed by atoms with E-state index in [0.717, 1.165) is 24.9 Å². The van der Waals surface area contributed by atoms with Gasteiger partial charge in [-0.1, -0.05) is 12.1 Å². The van der Waals surface area contributed by atoms with Crippen molar-refractivity contribution in [3.8, 4) is 5.75 Å². The van der Waals surface area contributed by atoms with Crippen molar-refractivity contribution in [1.82, 2.24) is 5.32 Å². The maximum absolute atomic E-state index is 11.9. The van der Waals surface area contributed by atoms with Crippen LogP contribution in [0.1, 0.15) is 24.4 Å². The van der Waals surface area contributed by atoms with Crippen LogP contribution >= 0.6 is 12.4 Å². The Bertz CT molecular complexity index is 347. The molecular weight excluding hydrogens is 255 g/mol. The lowest BCUT2D eigenvalue weighted by Gasteiger charge is -2.12. The van der Waals surface area contributed by atoms with Gasteiger partial charge in [-0.05, 0) is 37.1 Å². The van der Waals surface area contributed by atoms with E-state index in [2.05, 4.69) is 10.1 Å². The predicted molar refractivity (Wildman–Crippen MR) is 60.4 cm³/mol. The van der Waals surface area contributed by atoms with Crippen LogP contribution in [0, 0.1) is 0 Å². The van der Waals surface area contributed by atoms with Crippen LogP contribution in [-0.2, 0) is 0 Å². The van der Waals surface area contributed by atoms with E-state index in [1.165, 1.54) is 12.1 Å². The summed E-state index contributed by atoms with van der Waals surface area (Å²) >= 11 is 0. The Morgan fingerprint density at radius 2 is 1.82 bits per heavy atom. The number of hydrogen-bond acceptors (Lipinski definition) is 2. The van der Waals surface area contributed by atoms with Crippen molar-refractivity contribution in [2.75, 3.05) is 6.54 Å². The number of halogens is 4. The smallest absolute Gasteiger partial charge is 0.406 e. The van der Waals surface area contributed by atoms with Gasteiger partial charge in [0.2, 0.25) is 0 Å². The molecule has 6 heteroatoms. The molecule has 1 aromatic carbocycles. The standard InChI is InChI=1S/C11H12F3NO.ClH/c12-11(13,14)16-9-5-3-8(4-6-9)10-2-1-7-15-10;/h3-6,10,15H,1-2,7H2;1H. The molecule has 1 heterocycles. The summed E-state index contributed by atoms with van der Waals surface area (Å²) in [5.41, 5.74) is 1.01. The third kappa shape index (κ3) is 4.09. The van der Waals surface area contributed by atoms with Crippen molar-refractivity contribution in [3.05, 3.63) is 29.8 Å². The Kier molecular flexibility index (Phi) is 4.65. The maximum Gasteiger partial charge on any atom is 0.573 e. The highest BCUT2D eigenvalue weighted by Gasteiger charge is 2.31. The fraction of sp³-hybridized carbons (Fsp3) is 0.455. The number of alkyl halides is 3. The molecule has 0 bridgehead atoms. The molecule has 1 unspecified atom stereocenters. The summed E-state index contributed by atoms with van der Waals surface area (Å²) in [7, 11) is 0. The van der Waals surface area contributed by atoms with Gasteiger partial charge in [0, 0.05) is 6.04 Å². The molecule has 17 heavy (non-hydrogen) atoms. The molecule has 0 amide bonds. The number of hydrogen-bond donors (Lipinski definition) is 1. The molecule has 0 aromatic heterocycles. The van der Waals surface area contributed by atoms with Crippen LogP contribution in [0.25, 0.3) is 0 Å². The average Bonchev–Trinajstić information content (AvgIpc) is 2.69. The van der Waals surface area contributed by atoms with E-state index in [4.69, 9.17) is 0 Å². The summed E-state index contributed by atoms with van der Waals surface area (Å²) in [5.74, 6) is -0.172. The number of ether oxygens (including phenoxy) is 1. The van der Waals surface area contributed by atoms with Crippen molar-refractivity contribution in [2.45, 2.75) is 25.2 Å². The number of nitrogens with one attached hydrogen (secondary N) is 1. The first-order valence-electron chi connectivity index (χ1n) is 5.14. The number of rotatable bonds is 2. The summed E-state index contributed by atoms with van der Waals surface area (Å²) < 4.78 is 39.5. The Balaban J connectivity index is 0.00000144. The highest BCUT2D eigenvalue weighted by molar-refractivity contribution is 5.85. The summed E-state index contributed by atoms with van der Waals surface area (Å²) in [6.45, 7) is 0.964. The molecule has 2 rings (SSSR count). The molecule has 0 saturated carbocycles. The third-order valence-corrected chi connectivity index (χ3v) is 2.58. The lowest BCUT2D eigenvalue weighted by molar-refractivity contribution is -0.274. The summed E-state index contributed by atoms with van der Waals surface area (Å²) in [4.78, 5) is 0. The maximum atomic E-state index is 11.9. The minimum absolute atomic E-state index is 0. The van der Waals surface area contributed by atoms with Gasteiger partial charge in [-0.25, -0.2) is 0 Å². The zero-order valence-corrected chi connectivity index (χ0v) is 9.77. The molecular formula is C11H13ClF3NO. The van der Waals surface area contributed by atoms with Gasteiger partial charge < -0.3 is 10.1 Å². The summed E-state index contributed by atoms with van der Waals surface area (Å²) in [5, 5.41) is 3.28. The van der Waals surface area contributed by atoms with E-state index in [-0.39, 0.29) is 24.2 Å². The molecule has 1 aromatic rings. The first-order chi connectivity index (χ1) is 7.54. The highest BCUT2D eigenvalue weighted by Crippen LogP contribution is 2.27. The highest BCUT2D eigenvalue weighted by atomic mass is 35.5. The van der Waals surface area contributed by atoms with Crippen LogP contribution in [0.4, 0.5) is 13.2 Å². The summed E-state index contributed by atoms with van der Waals surface area (Å²) in [6, 6.07) is 6.31. The fourth-order valence-electron chi connectivity index (χ4n) is 1.87.